The van der Waals surface area contributed by atoms with Crippen molar-refractivity contribution in [1.82, 2.24) is 14.5 Å². The summed E-state index contributed by atoms with van der Waals surface area (Å²) in [7, 11) is -1.55. The number of hydrogen-bond donors (Lipinski definition) is 1. The Kier molecular flexibility index (Phi) is 7.82. The van der Waals surface area contributed by atoms with Crippen LogP contribution in [0.4, 0.5) is 0 Å². The van der Waals surface area contributed by atoms with Crippen LogP contribution in [0.25, 0.3) is 0 Å². The zero-order valence-electron chi connectivity index (χ0n) is 18.5. The van der Waals surface area contributed by atoms with E-state index in [2.05, 4.69) is 49.6 Å². The molecule has 3 aromatic carbocycles. The zero-order chi connectivity index (χ0) is 23.3. The monoisotopic (exact) mass is 529 g/mol. The molecule has 4 rings (SSSR count). The van der Waals surface area contributed by atoms with Crippen LogP contribution in [0.5, 0.6) is 11.5 Å². The molecule has 6 nitrogen and oxygen atoms in total. The van der Waals surface area contributed by atoms with Crippen LogP contribution in [0.2, 0.25) is 0 Å². The summed E-state index contributed by atoms with van der Waals surface area (Å²) in [4.78, 5) is 4.86. The number of likely N-dealkylation sites (N-methyl/N-ethyl adjacent to an activating group) is 1. The third kappa shape index (κ3) is 6.43. The number of piperazine rings is 1. The molecule has 1 unspecified atom stereocenters. The number of halogens is 1. The third-order valence-corrected chi connectivity index (χ3v) is 7.78. The summed E-state index contributed by atoms with van der Waals surface area (Å²) in [6.07, 6.45) is 0. The SMILES string of the molecule is CN1CCN(C(CNS(=O)(=O)c2ccc(Oc3ccccc3)cc2)c2ccc(Br)cc2)CC1. The first-order chi connectivity index (χ1) is 15.9. The smallest absolute Gasteiger partial charge is 0.240 e. The van der Waals surface area contributed by atoms with Crippen molar-refractivity contribution in [1.29, 1.82) is 0 Å². The van der Waals surface area contributed by atoms with Crippen molar-refractivity contribution in [3.63, 3.8) is 0 Å². The van der Waals surface area contributed by atoms with E-state index in [-0.39, 0.29) is 10.9 Å². The van der Waals surface area contributed by atoms with Crippen LogP contribution < -0.4 is 9.46 Å². The minimum Gasteiger partial charge on any atom is -0.457 e. The van der Waals surface area contributed by atoms with E-state index in [0.717, 1.165) is 36.2 Å². The molecule has 8 heteroatoms. The molecule has 33 heavy (non-hydrogen) atoms. The van der Waals surface area contributed by atoms with Gasteiger partial charge in [-0.2, -0.15) is 0 Å². The maximum atomic E-state index is 13.0. The second-order valence-corrected chi connectivity index (χ2v) is 10.8. The number of sulfonamides is 1. The molecule has 1 N–H and O–H groups in total. The molecule has 174 valence electrons. The molecule has 3 aromatic rings. The van der Waals surface area contributed by atoms with Crippen molar-refractivity contribution in [3.8, 4) is 11.5 Å². The predicted octanol–water partition coefficient (Wildman–Crippen LogP) is 4.51. The van der Waals surface area contributed by atoms with Crippen molar-refractivity contribution < 1.29 is 13.2 Å². The van der Waals surface area contributed by atoms with Crippen molar-refractivity contribution in [2.45, 2.75) is 10.9 Å². The Morgan fingerprint density at radius 1 is 0.879 bits per heavy atom. The van der Waals surface area contributed by atoms with Crippen molar-refractivity contribution >= 4 is 26.0 Å². The number of benzene rings is 3. The van der Waals surface area contributed by atoms with Gasteiger partial charge in [0.2, 0.25) is 10.0 Å². The van der Waals surface area contributed by atoms with E-state index in [1.807, 2.05) is 42.5 Å². The van der Waals surface area contributed by atoms with Crippen LogP contribution >= 0.6 is 15.9 Å². The van der Waals surface area contributed by atoms with Crippen LogP contribution in [0.1, 0.15) is 11.6 Å². The topological polar surface area (TPSA) is 61.9 Å². The van der Waals surface area contributed by atoms with Crippen LogP contribution in [-0.4, -0.2) is 58.0 Å². The van der Waals surface area contributed by atoms with Gasteiger partial charge in [0.15, 0.2) is 0 Å². The van der Waals surface area contributed by atoms with Crippen molar-refractivity contribution in [3.05, 3.63) is 88.9 Å². The first kappa shape index (κ1) is 23.9. The van der Waals surface area contributed by atoms with Crippen LogP contribution in [-0.2, 0) is 10.0 Å². The highest BCUT2D eigenvalue weighted by molar-refractivity contribution is 9.10. The first-order valence-corrected chi connectivity index (χ1v) is 13.2. The number of ether oxygens (including phenoxy) is 1. The summed E-state index contributed by atoms with van der Waals surface area (Å²) >= 11 is 3.48. The Bertz CT molecular complexity index is 1130. The zero-order valence-corrected chi connectivity index (χ0v) is 20.9. The highest BCUT2D eigenvalue weighted by atomic mass is 79.9. The molecular formula is C25H28BrN3O3S. The van der Waals surface area contributed by atoms with Gasteiger partial charge in [-0.25, -0.2) is 13.1 Å². The molecule has 0 aliphatic carbocycles. The van der Waals surface area contributed by atoms with Gasteiger partial charge in [0, 0.05) is 43.2 Å². The fourth-order valence-electron chi connectivity index (χ4n) is 3.86. The van der Waals surface area contributed by atoms with Crippen LogP contribution in [0.15, 0.2) is 88.2 Å². The Morgan fingerprint density at radius 3 is 2.12 bits per heavy atom. The number of rotatable bonds is 8. The summed E-state index contributed by atoms with van der Waals surface area (Å²) in [5.41, 5.74) is 1.09. The molecular weight excluding hydrogens is 502 g/mol. The van der Waals surface area contributed by atoms with Gasteiger partial charge in [-0.15, -0.1) is 0 Å². The van der Waals surface area contributed by atoms with Gasteiger partial charge in [0.05, 0.1) is 4.90 Å². The Balaban J connectivity index is 1.46. The van der Waals surface area contributed by atoms with E-state index in [9.17, 15) is 8.42 Å². The summed E-state index contributed by atoms with van der Waals surface area (Å²) in [6, 6.07) is 24.0. The highest BCUT2D eigenvalue weighted by Crippen LogP contribution is 2.25. The lowest BCUT2D eigenvalue weighted by Crippen LogP contribution is -2.48. The first-order valence-electron chi connectivity index (χ1n) is 10.9. The molecule has 1 atom stereocenters. The van der Waals surface area contributed by atoms with Gasteiger partial charge in [0.1, 0.15) is 11.5 Å². The molecule has 1 fully saturated rings. The molecule has 0 amide bonds. The maximum absolute atomic E-state index is 13.0. The summed E-state index contributed by atoms with van der Waals surface area (Å²) < 4.78 is 35.7. The Morgan fingerprint density at radius 2 is 1.48 bits per heavy atom. The standard InChI is InChI=1S/C25H28BrN3O3S/c1-28-15-17-29(18-16-28)25(20-7-9-21(26)10-8-20)19-27-33(30,31)24-13-11-23(12-14-24)32-22-5-3-2-4-6-22/h2-14,25,27H,15-19H2,1H3. The molecule has 0 bridgehead atoms. The normalized spacial score (nSPS) is 16.4. The van der Waals surface area contributed by atoms with Crippen LogP contribution in [0.3, 0.4) is 0 Å². The van der Waals surface area contributed by atoms with Gasteiger partial charge in [-0.05, 0) is 61.1 Å². The van der Waals surface area contributed by atoms with E-state index in [4.69, 9.17) is 4.74 Å². The second-order valence-electron chi connectivity index (χ2n) is 8.15. The molecule has 1 aliphatic rings. The fourth-order valence-corrected chi connectivity index (χ4v) is 5.16. The summed E-state index contributed by atoms with van der Waals surface area (Å²) in [5.74, 6) is 1.29. The van der Waals surface area contributed by atoms with E-state index in [1.54, 1.807) is 24.3 Å². The van der Waals surface area contributed by atoms with E-state index < -0.39 is 10.0 Å². The molecule has 1 saturated heterocycles. The Labute approximate surface area is 204 Å². The fraction of sp³-hybridized carbons (Fsp3) is 0.280. The largest absolute Gasteiger partial charge is 0.457 e. The molecule has 1 heterocycles. The number of nitrogens with one attached hydrogen (secondary N) is 1. The molecule has 0 saturated carbocycles. The second kappa shape index (κ2) is 10.8. The van der Waals surface area contributed by atoms with Crippen molar-refractivity contribution in [2.24, 2.45) is 0 Å². The number of para-hydroxylation sites is 1. The average Bonchev–Trinajstić information content (AvgIpc) is 2.82. The number of nitrogens with zero attached hydrogens (tertiary/aromatic N) is 2. The lowest BCUT2D eigenvalue weighted by Gasteiger charge is -2.38. The Hall–Kier alpha value is -2.23. The van der Waals surface area contributed by atoms with E-state index in [0.29, 0.717) is 18.0 Å². The van der Waals surface area contributed by atoms with Crippen molar-refractivity contribution in [2.75, 3.05) is 39.8 Å². The maximum Gasteiger partial charge on any atom is 0.240 e. The van der Waals surface area contributed by atoms with Gasteiger partial charge in [-0.1, -0.05) is 46.3 Å². The molecule has 0 radical (unpaired) electrons. The van der Waals surface area contributed by atoms with Crippen LogP contribution in [0, 0.1) is 0 Å². The molecule has 1 aliphatic heterocycles. The predicted molar refractivity (Wildman–Crippen MR) is 134 cm³/mol. The molecule has 0 aromatic heterocycles. The highest BCUT2D eigenvalue weighted by Gasteiger charge is 2.26. The summed E-state index contributed by atoms with van der Waals surface area (Å²) in [6.45, 7) is 4.01. The average molecular weight is 530 g/mol. The van der Waals surface area contributed by atoms with Gasteiger partial charge < -0.3 is 9.64 Å². The van der Waals surface area contributed by atoms with E-state index >= 15 is 0 Å². The van der Waals surface area contributed by atoms with Gasteiger partial charge in [0.25, 0.3) is 0 Å². The quantitative estimate of drug-likeness (QED) is 0.465. The lowest BCUT2D eigenvalue weighted by atomic mass is 10.0. The lowest BCUT2D eigenvalue weighted by molar-refractivity contribution is 0.113. The molecule has 0 spiro atoms. The van der Waals surface area contributed by atoms with Gasteiger partial charge in [-0.3, -0.25) is 4.90 Å². The number of hydrogen-bond acceptors (Lipinski definition) is 5. The third-order valence-electron chi connectivity index (χ3n) is 5.81. The summed E-state index contributed by atoms with van der Waals surface area (Å²) in [5, 5.41) is 0. The minimum absolute atomic E-state index is 0.0396. The minimum atomic E-state index is -3.66. The van der Waals surface area contributed by atoms with Gasteiger partial charge >= 0.3 is 0 Å². The van der Waals surface area contributed by atoms with E-state index in [1.165, 1.54) is 0 Å².